The first kappa shape index (κ1) is 46.0. The molecule has 2 aromatic heterocycles. The van der Waals surface area contributed by atoms with Crippen molar-refractivity contribution in [3.05, 3.63) is 35.4 Å². The van der Waals surface area contributed by atoms with Crippen LogP contribution in [0.2, 0.25) is 0 Å². The number of nitrogens with zero attached hydrogens (tertiary/aromatic N) is 10. The minimum Gasteiger partial charge on any atom is -0.495 e. The largest absolute Gasteiger partial charge is 0.495 e. The van der Waals surface area contributed by atoms with Gasteiger partial charge in [0.2, 0.25) is 11.9 Å². The average molecular weight is 821 g/mol. The molecule has 0 saturated carbocycles. The van der Waals surface area contributed by atoms with Gasteiger partial charge in [-0.2, -0.15) is 9.97 Å². The minimum atomic E-state index is 0.674. The van der Waals surface area contributed by atoms with Gasteiger partial charge in [0.15, 0.2) is 0 Å². The quantitative estimate of drug-likeness (QED) is 0.148. The molecule has 0 unspecified atom stereocenters. The summed E-state index contributed by atoms with van der Waals surface area (Å²) in [5.74, 6) is 17.7. The van der Waals surface area contributed by atoms with E-state index in [0.29, 0.717) is 11.9 Å². The van der Waals surface area contributed by atoms with Crippen molar-refractivity contribution in [2.24, 2.45) is 0 Å². The number of nitrogens with one attached hydrogen (secondary N) is 2. The summed E-state index contributed by atoms with van der Waals surface area (Å²) in [6.45, 7) is 10.3. The fourth-order valence-corrected chi connectivity index (χ4v) is 7.04. The standard InChI is InChI=1S/2C23H34N6O/c2*1-27(2)15-11-24-22-19-17-21(30-5)18(10-6-7-12-29-13-8-9-14-29)16-20(19)25-23(26-22)28(3)4/h2*16-17H,7-9,11-15H2,1-5H3,(H,24,25,26). The third kappa shape index (κ3) is 13.4. The smallest absolute Gasteiger partial charge is 0.227 e. The van der Waals surface area contributed by atoms with Gasteiger partial charge in [-0.25, -0.2) is 9.97 Å². The molecule has 2 saturated heterocycles. The second-order valence-corrected chi connectivity index (χ2v) is 16.3. The van der Waals surface area contributed by atoms with Crippen LogP contribution in [-0.2, 0) is 0 Å². The van der Waals surface area contributed by atoms with Crippen molar-refractivity contribution >= 4 is 45.3 Å². The Bertz CT molecular complexity index is 1970. The lowest BCUT2D eigenvalue weighted by Crippen LogP contribution is -2.22. The fraction of sp³-hybridized carbons (Fsp3) is 0.565. The van der Waals surface area contributed by atoms with Crippen LogP contribution in [0, 0.1) is 23.7 Å². The van der Waals surface area contributed by atoms with Crippen LogP contribution in [0.3, 0.4) is 0 Å². The first-order valence-electron chi connectivity index (χ1n) is 21.3. The number of likely N-dealkylation sites (tertiary alicyclic amines) is 2. The van der Waals surface area contributed by atoms with Crippen LogP contribution in [0.4, 0.5) is 23.5 Å². The SMILES string of the molecule is COc1cc2c(NCCN(C)C)nc(N(C)C)nc2cc1C#CCCN1CCCC1.COc1cc2c(NCCN(C)C)nc(N(C)C)nc2cc1C#CCCN1CCCC1. The maximum Gasteiger partial charge on any atom is 0.227 e. The van der Waals surface area contributed by atoms with Gasteiger partial charge in [-0.1, -0.05) is 23.7 Å². The Morgan fingerprint density at radius 1 is 0.567 bits per heavy atom. The van der Waals surface area contributed by atoms with Gasteiger partial charge >= 0.3 is 0 Å². The monoisotopic (exact) mass is 821 g/mol. The number of fused-ring (bicyclic) bond motifs is 2. The summed E-state index contributed by atoms with van der Waals surface area (Å²) in [6, 6.07) is 8.03. The molecule has 2 aliphatic rings. The van der Waals surface area contributed by atoms with Gasteiger partial charge in [0.25, 0.3) is 0 Å². The number of aromatic nitrogens is 4. The van der Waals surface area contributed by atoms with E-state index in [4.69, 9.17) is 29.4 Å². The van der Waals surface area contributed by atoms with Crippen LogP contribution >= 0.6 is 0 Å². The summed E-state index contributed by atoms with van der Waals surface area (Å²) >= 11 is 0. The van der Waals surface area contributed by atoms with Gasteiger partial charge in [-0.05, 0) is 104 Å². The number of ether oxygens (including phenoxy) is 2. The van der Waals surface area contributed by atoms with Gasteiger partial charge < -0.3 is 49.5 Å². The maximum atomic E-state index is 5.64. The van der Waals surface area contributed by atoms with E-state index in [1.165, 1.54) is 51.9 Å². The lowest BCUT2D eigenvalue weighted by Gasteiger charge is -2.17. The Labute approximate surface area is 359 Å². The zero-order valence-electron chi connectivity index (χ0n) is 37.9. The molecule has 14 nitrogen and oxygen atoms in total. The van der Waals surface area contributed by atoms with Crippen LogP contribution < -0.4 is 29.9 Å². The van der Waals surface area contributed by atoms with Crippen molar-refractivity contribution in [2.45, 2.75) is 38.5 Å². The number of benzene rings is 2. The van der Waals surface area contributed by atoms with Crippen LogP contribution in [0.1, 0.15) is 49.7 Å². The first-order valence-corrected chi connectivity index (χ1v) is 21.3. The number of rotatable bonds is 16. The Morgan fingerprint density at radius 3 is 1.28 bits per heavy atom. The molecular weight excluding hydrogens is 753 g/mol. The predicted molar refractivity (Wildman–Crippen MR) is 249 cm³/mol. The Balaban J connectivity index is 0.000000228. The summed E-state index contributed by atoms with van der Waals surface area (Å²) in [5, 5.41) is 8.79. The molecule has 0 bridgehead atoms. The first-order chi connectivity index (χ1) is 28.9. The predicted octanol–water partition coefficient (Wildman–Crippen LogP) is 5.03. The third-order valence-corrected chi connectivity index (χ3v) is 10.5. The highest BCUT2D eigenvalue weighted by atomic mass is 16.5. The topological polar surface area (TPSA) is 114 Å². The van der Waals surface area contributed by atoms with Crippen LogP contribution in [-0.4, -0.2) is 176 Å². The zero-order valence-corrected chi connectivity index (χ0v) is 37.9. The summed E-state index contributed by atoms with van der Waals surface area (Å²) in [4.78, 5) is 32.0. The van der Waals surface area contributed by atoms with Crippen LogP contribution in [0.15, 0.2) is 24.3 Å². The molecule has 6 rings (SSSR count). The summed E-state index contributed by atoms with van der Waals surface area (Å²) in [7, 11) is 19.4. The lowest BCUT2D eigenvalue weighted by molar-refractivity contribution is 0.348. The molecule has 0 atom stereocenters. The molecule has 0 radical (unpaired) electrons. The molecule has 2 aromatic carbocycles. The second-order valence-electron chi connectivity index (χ2n) is 16.3. The molecule has 0 amide bonds. The third-order valence-electron chi connectivity index (χ3n) is 10.5. The van der Waals surface area contributed by atoms with Crippen molar-refractivity contribution in [3.63, 3.8) is 0 Å². The van der Waals surface area contributed by atoms with Gasteiger partial charge in [-0.3, -0.25) is 0 Å². The molecular formula is C46H68N12O2. The van der Waals surface area contributed by atoms with Gasteiger partial charge in [0.05, 0.1) is 36.4 Å². The Morgan fingerprint density at radius 2 is 0.950 bits per heavy atom. The minimum absolute atomic E-state index is 0.674. The average Bonchev–Trinajstić information content (AvgIpc) is 3.95. The maximum absolute atomic E-state index is 5.64. The number of anilines is 4. The second kappa shape index (κ2) is 23.0. The summed E-state index contributed by atoms with van der Waals surface area (Å²) < 4.78 is 11.3. The van der Waals surface area contributed by atoms with E-state index in [1.54, 1.807) is 14.2 Å². The molecule has 14 heteroatoms. The van der Waals surface area contributed by atoms with E-state index in [9.17, 15) is 0 Å². The number of likely N-dealkylation sites (N-methyl/N-ethyl adjacent to an activating group) is 2. The van der Waals surface area contributed by atoms with Gasteiger partial charge in [0, 0.05) is 91.1 Å². The van der Waals surface area contributed by atoms with Crippen molar-refractivity contribution < 1.29 is 9.47 Å². The highest BCUT2D eigenvalue weighted by Gasteiger charge is 2.16. The highest BCUT2D eigenvalue weighted by molar-refractivity contribution is 5.93. The molecule has 2 N–H and O–H groups in total. The number of hydrogen-bond donors (Lipinski definition) is 2. The zero-order chi connectivity index (χ0) is 43.0. The van der Waals surface area contributed by atoms with E-state index < -0.39 is 0 Å². The molecule has 4 heterocycles. The van der Waals surface area contributed by atoms with Crippen molar-refractivity contribution in [2.75, 3.05) is 156 Å². The fourth-order valence-electron chi connectivity index (χ4n) is 7.04. The Kier molecular flexibility index (Phi) is 17.6. The van der Waals surface area contributed by atoms with Gasteiger partial charge in [0.1, 0.15) is 23.1 Å². The highest BCUT2D eigenvalue weighted by Crippen LogP contribution is 2.31. The molecule has 2 aliphatic heterocycles. The van der Waals surface area contributed by atoms with E-state index in [0.717, 1.165) is 108 Å². The van der Waals surface area contributed by atoms with Crippen molar-refractivity contribution in [1.82, 2.24) is 39.5 Å². The summed E-state index contributed by atoms with van der Waals surface area (Å²) in [5.41, 5.74) is 3.47. The van der Waals surface area contributed by atoms with Crippen molar-refractivity contribution in [1.29, 1.82) is 0 Å². The molecule has 2 fully saturated rings. The summed E-state index contributed by atoms with van der Waals surface area (Å²) in [6.07, 6.45) is 6.97. The lowest BCUT2D eigenvalue weighted by atomic mass is 10.1. The van der Waals surface area contributed by atoms with E-state index in [-0.39, 0.29) is 0 Å². The normalized spacial score (nSPS) is 14.1. The van der Waals surface area contributed by atoms with E-state index in [1.807, 2.05) is 62.3 Å². The Hall–Kier alpha value is -5.12. The van der Waals surface area contributed by atoms with Gasteiger partial charge in [-0.15, -0.1) is 0 Å². The van der Waals surface area contributed by atoms with Crippen molar-refractivity contribution in [3.8, 4) is 35.2 Å². The molecule has 4 aromatic rings. The van der Waals surface area contributed by atoms with E-state index >= 15 is 0 Å². The molecule has 60 heavy (non-hydrogen) atoms. The number of hydrogen-bond acceptors (Lipinski definition) is 14. The molecule has 0 aliphatic carbocycles. The van der Waals surface area contributed by atoms with E-state index in [2.05, 4.69) is 82.1 Å². The van der Waals surface area contributed by atoms with Crippen LogP contribution in [0.5, 0.6) is 11.5 Å². The number of methoxy groups -OCH3 is 2. The molecule has 324 valence electrons. The van der Waals surface area contributed by atoms with Crippen LogP contribution in [0.25, 0.3) is 21.8 Å². The molecule has 0 spiro atoms.